The predicted octanol–water partition coefficient (Wildman–Crippen LogP) is -1.82. The number of fused-ring (bicyclic) bond motifs is 1. The van der Waals surface area contributed by atoms with Crippen LogP contribution in [-0.2, 0) is 14.3 Å². The third-order valence-electron chi connectivity index (χ3n) is 4.07. The molecule has 1 aliphatic rings. The standard InChI is InChI=1S/C14H20N6O5/c1-16-8(22)2-3-24-11-10(23)7(4-21)25-14(11)20-6-19-9-12(15)17-5-18-13(9)20/h5-7,10-11,14,21,23H,2-4H2,1H3,(H,16,22)(H2,15,17,18)/t7-,10?,11?,14-/m1/s1. The van der Waals surface area contributed by atoms with Crippen molar-refractivity contribution < 1.29 is 24.5 Å². The molecule has 0 spiro atoms. The number of nitrogens with one attached hydrogen (secondary N) is 1. The van der Waals surface area contributed by atoms with Crippen LogP contribution in [0.3, 0.4) is 0 Å². The predicted molar refractivity (Wildman–Crippen MR) is 85.2 cm³/mol. The molecule has 4 atom stereocenters. The van der Waals surface area contributed by atoms with Crippen LogP contribution in [-0.4, -0.2) is 74.2 Å². The number of ether oxygens (including phenoxy) is 2. The number of amides is 1. The number of aliphatic hydroxyl groups excluding tert-OH is 2. The number of hydrogen-bond donors (Lipinski definition) is 4. The molecule has 3 rings (SSSR count). The molecule has 11 heteroatoms. The van der Waals surface area contributed by atoms with Crippen molar-refractivity contribution in [3.63, 3.8) is 0 Å². The van der Waals surface area contributed by atoms with Gasteiger partial charge >= 0.3 is 0 Å². The molecule has 2 aromatic heterocycles. The van der Waals surface area contributed by atoms with E-state index in [1.807, 2.05) is 0 Å². The molecular formula is C14H20N6O5. The van der Waals surface area contributed by atoms with Crippen molar-refractivity contribution in [1.29, 1.82) is 0 Å². The average Bonchev–Trinajstić information content (AvgIpc) is 3.17. The molecule has 1 fully saturated rings. The van der Waals surface area contributed by atoms with E-state index in [0.717, 1.165) is 0 Å². The Kier molecular flexibility index (Phi) is 5.08. The van der Waals surface area contributed by atoms with Crippen molar-refractivity contribution in [3.05, 3.63) is 12.7 Å². The number of aliphatic hydroxyl groups is 2. The van der Waals surface area contributed by atoms with Crippen molar-refractivity contribution >= 4 is 22.9 Å². The summed E-state index contributed by atoms with van der Waals surface area (Å²) in [6.07, 6.45) is -0.598. The van der Waals surface area contributed by atoms with E-state index < -0.39 is 24.5 Å². The second-order valence-corrected chi connectivity index (χ2v) is 5.58. The van der Waals surface area contributed by atoms with E-state index in [0.29, 0.717) is 11.2 Å². The quantitative estimate of drug-likeness (QED) is 0.470. The van der Waals surface area contributed by atoms with Crippen LogP contribution >= 0.6 is 0 Å². The number of nitrogens with two attached hydrogens (primary N) is 1. The summed E-state index contributed by atoms with van der Waals surface area (Å²) in [5.74, 6) is 0.0374. The molecule has 0 bridgehead atoms. The average molecular weight is 352 g/mol. The van der Waals surface area contributed by atoms with Crippen LogP contribution in [0, 0.1) is 0 Å². The molecule has 1 saturated heterocycles. The number of hydrogen-bond acceptors (Lipinski definition) is 9. The Labute approximate surface area is 142 Å². The first kappa shape index (κ1) is 17.5. The van der Waals surface area contributed by atoms with E-state index in [1.165, 1.54) is 19.7 Å². The van der Waals surface area contributed by atoms with Gasteiger partial charge in [-0.15, -0.1) is 0 Å². The number of aromatic nitrogens is 4. The van der Waals surface area contributed by atoms with E-state index in [9.17, 15) is 15.0 Å². The SMILES string of the molecule is CNC(=O)CCOC1C(O)[C@@H](CO)O[C@H]1n1cnc2c(N)ncnc21. The molecule has 25 heavy (non-hydrogen) atoms. The van der Waals surface area contributed by atoms with Gasteiger partial charge in [0.05, 0.1) is 19.5 Å². The van der Waals surface area contributed by atoms with Gasteiger partial charge in [-0.1, -0.05) is 0 Å². The number of nitrogen functional groups attached to an aromatic ring is 1. The summed E-state index contributed by atoms with van der Waals surface area (Å²) >= 11 is 0. The van der Waals surface area contributed by atoms with E-state index >= 15 is 0 Å². The van der Waals surface area contributed by atoms with Gasteiger partial charge in [0, 0.05) is 13.5 Å². The molecule has 2 unspecified atom stereocenters. The van der Waals surface area contributed by atoms with Crippen LogP contribution in [0.25, 0.3) is 11.2 Å². The fourth-order valence-electron chi connectivity index (χ4n) is 2.74. The van der Waals surface area contributed by atoms with Crippen molar-refractivity contribution in [2.45, 2.75) is 31.0 Å². The summed E-state index contributed by atoms with van der Waals surface area (Å²) in [7, 11) is 1.53. The van der Waals surface area contributed by atoms with Crippen molar-refractivity contribution in [2.24, 2.45) is 0 Å². The number of nitrogens with zero attached hydrogens (tertiary/aromatic N) is 4. The third-order valence-corrected chi connectivity index (χ3v) is 4.07. The minimum absolute atomic E-state index is 0.0865. The van der Waals surface area contributed by atoms with Gasteiger partial charge < -0.3 is 30.7 Å². The topological polar surface area (TPSA) is 158 Å². The summed E-state index contributed by atoms with van der Waals surface area (Å²) in [5, 5.41) is 22.3. The van der Waals surface area contributed by atoms with Gasteiger partial charge in [0.1, 0.15) is 30.2 Å². The molecule has 0 saturated carbocycles. The first-order chi connectivity index (χ1) is 12.1. The molecule has 2 aromatic rings. The van der Waals surface area contributed by atoms with Crippen LogP contribution in [0.4, 0.5) is 5.82 Å². The second kappa shape index (κ2) is 7.27. The molecule has 0 aliphatic carbocycles. The first-order valence-corrected chi connectivity index (χ1v) is 7.76. The van der Waals surface area contributed by atoms with Crippen LogP contribution < -0.4 is 11.1 Å². The zero-order chi connectivity index (χ0) is 18.0. The molecule has 0 aromatic carbocycles. The Balaban J connectivity index is 1.85. The molecule has 5 N–H and O–H groups in total. The zero-order valence-corrected chi connectivity index (χ0v) is 13.6. The first-order valence-electron chi connectivity index (χ1n) is 7.76. The summed E-state index contributed by atoms with van der Waals surface area (Å²) in [6, 6.07) is 0. The third kappa shape index (κ3) is 3.26. The van der Waals surface area contributed by atoms with Crippen molar-refractivity contribution in [1.82, 2.24) is 24.8 Å². The van der Waals surface area contributed by atoms with Crippen LogP contribution in [0.1, 0.15) is 12.6 Å². The Hall–Kier alpha value is -2.34. The van der Waals surface area contributed by atoms with Gasteiger partial charge in [-0.2, -0.15) is 0 Å². The molecule has 0 radical (unpaired) electrons. The number of anilines is 1. The number of rotatable bonds is 6. The van der Waals surface area contributed by atoms with Gasteiger partial charge in [0.2, 0.25) is 5.91 Å². The van der Waals surface area contributed by atoms with Gasteiger partial charge in [-0.05, 0) is 0 Å². The summed E-state index contributed by atoms with van der Waals surface area (Å²) < 4.78 is 12.9. The molecule has 11 nitrogen and oxygen atoms in total. The van der Waals surface area contributed by atoms with Crippen LogP contribution in [0.15, 0.2) is 12.7 Å². The van der Waals surface area contributed by atoms with Crippen molar-refractivity contribution in [3.8, 4) is 0 Å². The van der Waals surface area contributed by atoms with E-state index in [2.05, 4.69) is 20.3 Å². The Morgan fingerprint density at radius 2 is 2.28 bits per heavy atom. The zero-order valence-electron chi connectivity index (χ0n) is 13.6. The monoisotopic (exact) mass is 352 g/mol. The number of imidazole rings is 1. The second-order valence-electron chi connectivity index (χ2n) is 5.58. The normalized spacial score (nSPS) is 26.2. The maximum atomic E-state index is 11.3. The fraction of sp³-hybridized carbons (Fsp3) is 0.571. The molecule has 1 aliphatic heterocycles. The van der Waals surface area contributed by atoms with Gasteiger partial charge in [0.25, 0.3) is 0 Å². The smallest absolute Gasteiger partial charge is 0.222 e. The van der Waals surface area contributed by atoms with E-state index in [1.54, 1.807) is 4.57 Å². The highest BCUT2D eigenvalue weighted by Gasteiger charge is 2.45. The minimum atomic E-state index is -1.07. The summed E-state index contributed by atoms with van der Waals surface area (Å²) in [5.41, 5.74) is 6.60. The molecule has 1 amide bonds. The lowest BCUT2D eigenvalue weighted by atomic mass is 10.1. The van der Waals surface area contributed by atoms with Crippen molar-refractivity contribution in [2.75, 3.05) is 26.0 Å². The lowest BCUT2D eigenvalue weighted by Crippen LogP contribution is -2.36. The number of carbonyl (C=O) groups is 1. The summed E-state index contributed by atoms with van der Waals surface area (Å²) in [6.45, 7) is -0.292. The van der Waals surface area contributed by atoms with E-state index in [4.69, 9.17) is 15.2 Å². The molecular weight excluding hydrogens is 332 g/mol. The van der Waals surface area contributed by atoms with Crippen LogP contribution in [0.5, 0.6) is 0 Å². The Morgan fingerprint density at radius 1 is 1.48 bits per heavy atom. The number of carbonyl (C=O) groups excluding carboxylic acids is 1. The maximum Gasteiger partial charge on any atom is 0.222 e. The highest BCUT2D eigenvalue weighted by molar-refractivity contribution is 5.81. The van der Waals surface area contributed by atoms with E-state index in [-0.39, 0.29) is 31.4 Å². The highest BCUT2D eigenvalue weighted by atomic mass is 16.6. The molecule has 3 heterocycles. The Morgan fingerprint density at radius 3 is 3.00 bits per heavy atom. The summed E-state index contributed by atoms with van der Waals surface area (Å²) in [4.78, 5) is 23.5. The lowest BCUT2D eigenvalue weighted by molar-refractivity contribution is -0.123. The minimum Gasteiger partial charge on any atom is -0.394 e. The fourth-order valence-corrected chi connectivity index (χ4v) is 2.74. The molecule has 136 valence electrons. The Bertz CT molecular complexity index is 752. The van der Waals surface area contributed by atoms with Gasteiger partial charge in [0.15, 0.2) is 17.7 Å². The van der Waals surface area contributed by atoms with Crippen LogP contribution in [0.2, 0.25) is 0 Å². The highest BCUT2D eigenvalue weighted by Crippen LogP contribution is 2.33. The maximum absolute atomic E-state index is 11.3. The van der Waals surface area contributed by atoms with Gasteiger partial charge in [-0.3, -0.25) is 9.36 Å². The lowest BCUT2D eigenvalue weighted by Gasteiger charge is -2.22. The largest absolute Gasteiger partial charge is 0.394 e. The van der Waals surface area contributed by atoms with Gasteiger partial charge in [-0.25, -0.2) is 15.0 Å².